The van der Waals surface area contributed by atoms with Gasteiger partial charge in [0, 0.05) is 0 Å². The minimum Gasteiger partial charge on any atom is -0.272 e. The van der Waals surface area contributed by atoms with Crippen LogP contribution in [-0.4, -0.2) is 30.3 Å². The van der Waals surface area contributed by atoms with Crippen LogP contribution in [0.25, 0.3) is 0 Å². The van der Waals surface area contributed by atoms with Crippen LogP contribution < -0.4 is 0 Å². The second-order valence-corrected chi connectivity index (χ2v) is 8.60. The van der Waals surface area contributed by atoms with Gasteiger partial charge in [-0.3, -0.25) is 9.79 Å². The van der Waals surface area contributed by atoms with E-state index in [1.54, 1.807) is 18.2 Å². The Morgan fingerprint density at radius 3 is 2.42 bits per heavy atom. The first-order chi connectivity index (χ1) is 12.4. The van der Waals surface area contributed by atoms with Gasteiger partial charge in [0.15, 0.2) is 5.17 Å². The number of hydrogen-bond acceptors (Lipinski definition) is 5. The minimum absolute atomic E-state index is 0.0667. The zero-order chi connectivity index (χ0) is 18.7. The molecule has 2 aromatic carbocycles. The number of benzene rings is 2. The van der Waals surface area contributed by atoms with E-state index in [9.17, 15) is 13.2 Å². The molecule has 3 rings (SSSR count). The third-order valence-corrected chi connectivity index (χ3v) is 6.89. The van der Waals surface area contributed by atoms with Gasteiger partial charge >= 0.3 is 0 Å². The van der Waals surface area contributed by atoms with E-state index in [0.717, 1.165) is 27.2 Å². The summed E-state index contributed by atoms with van der Waals surface area (Å²) in [6.07, 6.45) is 1.56. The number of aryl methyl sites for hydroxylation is 1. The van der Waals surface area contributed by atoms with E-state index in [-0.39, 0.29) is 16.6 Å². The summed E-state index contributed by atoms with van der Waals surface area (Å²) >= 11 is 1.14. The number of thioether (sulfide) groups is 1. The van der Waals surface area contributed by atoms with Gasteiger partial charge in [-0.2, -0.15) is 4.31 Å². The molecule has 1 saturated heterocycles. The molecule has 7 heteroatoms. The summed E-state index contributed by atoms with van der Waals surface area (Å²) in [4.78, 5) is 17.3. The van der Waals surface area contributed by atoms with Crippen molar-refractivity contribution in [2.75, 3.05) is 6.54 Å². The molecule has 1 amide bonds. The number of amidine groups is 1. The predicted molar refractivity (Wildman–Crippen MR) is 104 cm³/mol. The van der Waals surface area contributed by atoms with Crippen LogP contribution in [-0.2, 0) is 14.8 Å². The molecule has 0 aliphatic carbocycles. The molecule has 1 aliphatic rings. The maximum Gasteiger partial charge on any atom is 0.272 e. The monoisotopic (exact) mass is 386 g/mol. The van der Waals surface area contributed by atoms with Crippen molar-refractivity contribution in [3.8, 4) is 0 Å². The minimum atomic E-state index is -4.03. The Morgan fingerprint density at radius 1 is 1.15 bits per heavy atom. The van der Waals surface area contributed by atoms with Crippen molar-refractivity contribution < 1.29 is 13.2 Å². The Hall–Kier alpha value is -2.38. The number of sulfonamides is 1. The van der Waals surface area contributed by atoms with Gasteiger partial charge in [0.1, 0.15) is 5.25 Å². The van der Waals surface area contributed by atoms with E-state index >= 15 is 0 Å². The first kappa shape index (κ1) is 18.4. The lowest BCUT2D eigenvalue weighted by atomic mass is 10.1. The summed E-state index contributed by atoms with van der Waals surface area (Å²) in [6, 6.07) is 15.5. The lowest BCUT2D eigenvalue weighted by Gasteiger charge is -2.17. The maximum absolute atomic E-state index is 13.1. The van der Waals surface area contributed by atoms with E-state index < -0.39 is 21.2 Å². The number of aliphatic imine (C=N–C) groups is 1. The van der Waals surface area contributed by atoms with Gasteiger partial charge in [0.05, 0.1) is 11.4 Å². The molecule has 5 nitrogen and oxygen atoms in total. The Bertz CT molecular complexity index is 952. The van der Waals surface area contributed by atoms with Gasteiger partial charge in [-0.25, -0.2) is 8.42 Å². The van der Waals surface area contributed by atoms with Gasteiger partial charge in [0.25, 0.3) is 15.9 Å². The van der Waals surface area contributed by atoms with Gasteiger partial charge < -0.3 is 0 Å². The lowest BCUT2D eigenvalue weighted by molar-refractivity contribution is -0.122. The van der Waals surface area contributed by atoms with Crippen LogP contribution in [0.4, 0.5) is 0 Å². The van der Waals surface area contributed by atoms with Crippen molar-refractivity contribution in [2.45, 2.75) is 17.1 Å². The normalized spacial score (nSPS) is 19.1. The average molecular weight is 386 g/mol. The Balaban J connectivity index is 2.06. The summed E-state index contributed by atoms with van der Waals surface area (Å²) in [6.45, 7) is 5.71. The molecule has 0 N–H and O–H groups in total. The number of carbonyl (C=O) groups excluding carboxylic acids is 1. The molecule has 0 bridgehead atoms. The van der Waals surface area contributed by atoms with Crippen molar-refractivity contribution >= 4 is 32.9 Å². The third-order valence-electron chi connectivity index (χ3n) is 3.84. The highest BCUT2D eigenvalue weighted by molar-refractivity contribution is 8.16. The fourth-order valence-corrected chi connectivity index (χ4v) is 5.36. The van der Waals surface area contributed by atoms with Crippen molar-refractivity contribution in [3.05, 3.63) is 78.4 Å². The zero-order valence-electron chi connectivity index (χ0n) is 14.2. The van der Waals surface area contributed by atoms with Crippen LogP contribution in [0.1, 0.15) is 16.4 Å². The molecule has 134 valence electrons. The van der Waals surface area contributed by atoms with Crippen LogP contribution in [0.15, 0.2) is 77.1 Å². The van der Waals surface area contributed by atoms with Crippen molar-refractivity contribution in [3.63, 3.8) is 0 Å². The molecule has 26 heavy (non-hydrogen) atoms. The summed E-state index contributed by atoms with van der Waals surface area (Å²) in [5.74, 6) is -0.510. The maximum atomic E-state index is 13.1. The fourth-order valence-electron chi connectivity index (χ4n) is 2.52. The van der Waals surface area contributed by atoms with Crippen LogP contribution in [0.2, 0.25) is 0 Å². The molecule has 2 aromatic rings. The first-order valence-electron chi connectivity index (χ1n) is 7.98. The van der Waals surface area contributed by atoms with Crippen LogP contribution in [0.5, 0.6) is 0 Å². The quantitative estimate of drug-likeness (QED) is 0.737. The smallest absolute Gasteiger partial charge is 0.272 e. The molecule has 0 aromatic heterocycles. The molecule has 0 saturated carbocycles. The molecule has 0 radical (unpaired) electrons. The Kier molecular flexibility index (Phi) is 5.29. The lowest BCUT2D eigenvalue weighted by Crippen LogP contribution is -2.36. The highest BCUT2D eigenvalue weighted by Crippen LogP contribution is 2.42. The number of amides is 1. The van der Waals surface area contributed by atoms with E-state index in [2.05, 4.69) is 11.6 Å². The standard InChI is InChI=1S/C19H18N2O3S2/c1-3-13-20-19-21(26(23,24)16-11-9-14(2)10-12-16)18(22)17(25-19)15-7-5-4-6-8-15/h3-12,17H,1,13H2,2H3/t17-/m1/s1. The van der Waals surface area contributed by atoms with E-state index in [4.69, 9.17) is 0 Å². The number of rotatable bonds is 5. The summed E-state index contributed by atoms with van der Waals surface area (Å²) in [7, 11) is -4.03. The summed E-state index contributed by atoms with van der Waals surface area (Å²) in [5, 5.41) is -0.468. The number of hydrogen-bond donors (Lipinski definition) is 0. The summed E-state index contributed by atoms with van der Waals surface area (Å²) in [5.41, 5.74) is 1.68. The van der Waals surface area contributed by atoms with E-state index in [1.807, 2.05) is 37.3 Å². The average Bonchev–Trinajstić information content (AvgIpc) is 2.98. The van der Waals surface area contributed by atoms with Crippen LogP contribution in [0, 0.1) is 6.92 Å². The van der Waals surface area contributed by atoms with Crippen LogP contribution in [0.3, 0.4) is 0 Å². The van der Waals surface area contributed by atoms with Gasteiger partial charge in [0.2, 0.25) is 0 Å². The largest absolute Gasteiger partial charge is 0.272 e. The van der Waals surface area contributed by atoms with Crippen molar-refractivity contribution in [1.29, 1.82) is 0 Å². The second kappa shape index (κ2) is 7.47. The molecule has 1 fully saturated rings. The van der Waals surface area contributed by atoms with E-state index in [1.165, 1.54) is 12.1 Å². The van der Waals surface area contributed by atoms with E-state index in [0.29, 0.717) is 0 Å². The number of carbonyl (C=O) groups is 1. The van der Waals surface area contributed by atoms with Gasteiger partial charge in [-0.05, 0) is 24.6 Å². The molecule has 1 heterocycles. The second-order valence-electron chi connectivity index (χ2n) is 5.74. The Labute approximate surface area is 157 Å². The SMILES string of the molecule is C=CCN=C1S[C@H](c2ccccc2)C(=O)N1S(=O)(=O)c1ccc(C)cc1. The molecule has 0 spiro atoms. The Morgan fingerprint density at radius 2 is 1.81 bits per heavy atom. The molecular weight excluding hydrogens is 368 g/mol. The zero-order valence-corrected chi connectivity index (χ0v) is 15.8. The first-order valence-corrected chi connectivity index (χ1v) is 10.3. The summed E-state index contributed by atoms with van der Waals surface area (Å²) < 4.78 is 27.0. The molecule has 1 atom stereocenters. The molecular formula is C19H18N2O3S2. The predicted octanol–water partition coefficient (Wildman–Crippen LogP) is 3.54. The van der Waals surface area contributed by atoms with Crippen molar-refractivity contribution in [1.82, 2.24) is 4.31 Å². The van der Waals surface area contributed by atoms with Crippen molar-refractivity contribution in [2.24, 2.45) is 4.99 Å². The molecule has 0 unspecified atom stereocenters. The van der Waals surface area contributed by atoms with Gasteiger partial charge in [-0.15, -0.1) is 6.58 Å². The highest BCUT2D eigenvalue weighted by atomic mass is 32.2. The highest BCUT2D eigenvalue weighted by Gasteiger charge is 2.46. The third kappa shape index (κ3) is 3.45. The fraction of sp³-hybridized carbons (Fsp3) is 0.158. The van der Waals surface area contributed by atoms with Gasteiger partial charge in [-0.1, -0.05) is 65.9 Å². The van der Waals surface area contributed by atoms with Crippen LogP contribution >= 0.6 is 11.8 Å². The molecule has 1 aliphatic heterocycles. The number of nitrogens with zero attached hydrogens (tertiary/aromatic N) is 2. The topological polar surface area (TPSA) is 66.8 Å².